The summed E-state index contributed by atoms with van der Waals surface area (Å²) >= 11 is 0. The van der Waals surface area contributed by atoms with Crippen LogP contribution in [0.3, 0.4) is 0 Å². The second-order valence-corrected chi connectivity index (χ2v) is 6.71. The van der Waals surface area contributed by atoms with Crippen molar-refractivity contribution in [1.82, 2.24) is 10.2 Å². The highest BCUT2D eigenvalue weighted by molar-refractivity contribution is 6.01. The van der Waals surface area contributed by atoms with Crippen molar-refractivity contribution in [1.29, 1.82) is 0 Å². The number of hydrogen-bond acceptors (Lipinski definition) is 3. The van der Waals surface area contributed by atoms with Gasteiger partial charge in [-0.1, -0.05) is 12.1 Å². The summed E-state index contributed by atoms with van der Waals surface area (Å²) in [5.74, 6) is -0.0389. The predicted octanol–water partition coefficient (Wildman–Crippen LogP) is 1.48. The molecule has 1 aromatic rings. The summed E-state index contributed by atoms with van der Waals surface area (Å²) in [6.07, 6.45) is 0.322. The Morgan fingerprint density at radius 1 is 1.30 bits per heavy atom. The van der Waals surface area contributed by atoms with Gasteiger partial charge >= 0.3 is 0 Å². The van der Waals surface area contributed by atoms with Crippen LogP contribution in [0.2, 0.25) is 0 Å². The maximum atomic E-state index is 12.8. The van der Waals surface area contributed by atoms with E-state index in [1.807, 2.05) is 36.9 Å². The molecule has 2 aliphatic heterocycles. The minimum Gasteiger partial charge on any atom is -0.337 e. The third kappa shape index (κ3) is 2.98. The van der Waals surface area contributed by atoms with E-state index in [4.69, 9.17) is 0 Å². The van der Waals surface area contributed by atoms with E-state index in [1.165, 1.54) is 5.56 Å². The van der Waals surface area contributed by atoms with E-state index in [9.17, 15) is 9.59 Å². The van der Waals surface area contributed by atoms with E-state index in [0.29, 0.717) is 13.0 Å². The Balaban J connectivity index is 1.77. The van der Waals surface area contributed by atoms with Gasteiger partial charge in [0.05, 0.1) is 5.92 Å². The van der Waals surface area contributed by atoms with Gasteiger partial charge in [0.25, 0.3) is 0 Å². The first-order valence-electron chi connectivity index (χ1n) is 8.37. The van der Waals surface area contributed by atoms with Gasteiger partial charge in [-0.3, -0.25) is 9.59 Å². The summed E-state index contributed by atoms with van der Waals surface area (Å²) in [4.78, 5) is 29.0. The lowest BCUT2D eigenvalue weighted by Gasteiger charge is -2.35. The molecule has 1 aromatic carbocycles. The number of hydrogen-bond donors (Lipinski definition) is 1. The first-order valence-corrected chi connectivity index (χ1v) is 8.37. The second kappa shape index (κ2) is 6.32. The van der Waals surface area contributed by atoms with E-state index in [2.05, 4.69) is 12.2 Å². The van der Waals surface area contributed by atoms with Crippen molar-refractivity contribution in [2.45, 2.75) is 33.2 Å². The van der Waals surface area contributed by atoms with Crippen molar-refractivity contribution in [3.8, 4) is 0 Å². The maximum Gasteiger partial charge on any atom is 0.228 e. The molecule has 2 saturated heterocycles. The van der Waals surface area contributed by atoms with Crippen molar-refractivity contribution >= 4 is 17.5 Å². The fraction of sp³-hybridized carbons (Fsp3) is 0.556. The first kappa shape index (κ1) is 16.0. The van der Waals surface area contributed by atoms with Gasteiger partial charge < -0.3 is 15.1 Å². The fourth-order valence-corrected chi connectivity index (χ4v) is 3.54. The van der Waals surface area contributed by atoms with Gasteiger partial charge in [-0.05, 0) is 38.0 Å². The molecule has 0 bridgehead atoms. The molecular formula is C18H25N3O2. The van der Waals surface area contributed by atoms with Gasteiger partial charge in [-0.25, -0.2) is 0 Å². The van der Waals surface area contributed by atoms with Gasteiger partial charge in [0.2, 0.25) is 11.8 Å². The zero-order valence-electron chi connectivity index (χ0n) is 14.1. The third-order valence-electron chi connectivity index (χ3n) is 5.13. The molecule has 2 amide bonds. The minimum absolute atomic E-state index is 0.0554. The van der Waals surface area contributed by atoms with Crippen LogP contribution >= 0.6 is 0 Å². The van der Waals surface area contributed by atoms with Crippen LogP contribution in [0, 0.1) is 19.8 Å². The SMILES string of the molecule is Cc1cccc(N2CC(C(=O)N3CCNC[C@@H]3C)CC2=O)c1C. The van der Waals surface area contributed by atoms with Gasteiger partial charge in [0, 0.05) is 44.3 Å². The molecule has 124 valence electrons. The largest absolute Gasteiger partial charge is 0.337 e. The maximum absolute atomic E-state index is 12.8. The van der Waals surface area contributed by atoms with Crippen LogP contribution in [0.4, 0.5) is 5.69 Å². The lowest BCUT2D eigenvalue weighted by atomic mass is 10.0. The van der Waals surface area contributed by atoms with Crippen LogP contribution in [0.1, 0.15) is 24.5 Å². The Kier molecular flexibility index (Phi) is 4.39. The van der Waals surface area contributed by atoms with Crippen molar-refractivity contribution in [3.63, 3.8) is 0 Å². The Morgan fingerprint density at radius 2 is 2.09 bits per heavy atom. The number of anilines is 1. The Bertz CT molecular complexity index is 629. The highest BCUT2D eigenvalue weighted by Crippen LogP contribution is 2.30. The minimum atomic E-state index is -0.219. The van der Waals surface area contributed by atoms with E-state index in [0.717, 1.165) is 30.9 Å². The fourth-order valence-electron chi connectivity index (χ4n) is 3.54. The number of carbonyl (C=O) groups is 2. The van der Waals surface area contributed by atoms with Crippen LogP contribution in [0.15, 0.2) is 18.2 Å². The summed E-state index contributed by atoms with van der Waals surface area (Å²) in [6, 6.07) is 6.18. The topological polar surface area (TPSA) is 52.7 Å². The molecule has 0 aliphatic carbocycles. The molecule has 2 heterocycles. The normalized spacial score (nSPS) is 25.1. The van der Waals surface area contributed by atoms with Crippen LogP contribution in [0.25, 0.3) is 0 Å². The third-order valence-corrected chi connectivity index (χ3v) is 5.13. The zero-order chi connectivity index (χ0) is 16.6. The Morgan fingerprint density at radius 3 is 2.83 bits per heavy atom. The molecule has 23 heavy (non-hydrogen) atoms. The number of carbonyl (C=O) groups excluding carboxylic acids is 2. The van der Waals surface area contributed by atoms with E-state index in [1.54, 1.807) is 4.90 Å². The summed E-state index contributed by atoms with van der Waals surface area (Å²) in [6.45, 7) is 9.02. The number of nitrogens with one attached hydrogen (secondary N) is 1. The van der Waals surface area contributed by atoms with Crippen LogP contribution in [-0.4, -0.2) is 48.9 Å². The van der Waals surface area contributed by atoms with Gasteiger partial charge in [-0.2, -0.15) is 0 Å². The molecule has 1 unspecified atom stereocenters. The Hall–Kier alpha value is -1.88. The van der Waals surface area contributed by atoms with E-state index >= 15 is 0 Å². The zero-order valence-corrected chi connectivity index (χ0v) is 14.1. The number of aryl methyl sites for hydroxylation is 1. The lowest BCUT2D eigenvalue weighted by molar-refractivity contribution is -0.138. The van der Waals surface area contributed by atoms with Gasteiger partial charge in [0.15, 0.2) is 0 Å². The first-order chi connectivity index (χ1) is 11.0. The molecule has 0 aromatic heterocycles. The molecule has 3 rings (SSSR count). The highest BCUT2D eigenvalue weighted by Gasteiger charge is 2.39. The average Bonchev–Trinajstić information content (AvgIpc) is 2.92. The summed E-state index contributed by atoms with van der Waals surface area (Å²) < 4.78 is 0. The number of amides is 2. The molecule has 2 atom stereocenters. The molecule has 0 radical (unpaired) electrons. The van der Waals surface area contributed by atoms with Crippen molar-refractivity contribution in [2.24, 2.45) is 5.92 Å². The lowest BCUT2D eigenvalue weighted by Crippen LogP contribution is -2.54. The van der Waals surface area contributed by atoms with Crippen molar-refractivity contribution in [2.75, 3.05) is 31.1 Å². The van der Waals surface area contributed by atoms with E-state index < -0.39 is 0 Å². The van der Waals surface area contributed by atoms with Crippen molar-refractivity contribution in [3.05, 3.63) is 29.3 Å². The molecule has 5 nitrogen and oxygen atoms in total. The standard InChI is InChI=1S/C18H25N3O2/c1-12-5-4-6-16(14(12)3)21-11-15(9-17(21)22)18(23)20-8-7-19-10-13(20)2/h4-6,13,15,19H,7-11H2,1-3H3/t13-,15?/m0/s1. The Labute approximate surface area is 137 Å². The molecule has 0 spiro atoms. The number of nitrogens with zero attached hydrogens (tertiary/aromatic N) is 2. The number of rotatable bonds is 2. The van der Waals surface area contributed by atoms with Gasteiger partial charge in [-0.15, -0.1) is 0 Å². The van der Waals surface area contributed by atoms with Crippen LogP contribution in [0.5, 0.6) is 0 Å². The predicted molar refractivity (Wildman–Crippen MR) is 90.4 cm³/mol. The summed E-state index contributed by atoms with van der Waals surface area (Å²) in [5, 5.41) is 3.30. The second-order valence-electron chi connectivity index (χ2n) is 6.71. The molecule has 2 aliphatic rings. The monoisotopic (exact) mass is 315 g/mol. The summed E-state index contributed by atoms with van der Waals surface area (Å²) in [5.41, 5.74) is 3.23. The molecule has 1 N–H and O–H groups in total. The molecule has 5 heteroatoms. The smallest absolute Gasteiger partial charge is 0.228 e. The molecular weight excluding hydrogens is 290 g/mol. The molecule has 2 fully saturated rings. The van der Waals surface area contributed by atoms with Crippen LogP contribution in [-0.2, 0) is 9.59 Å². The number of piperazine rings is 1. The number of benzene rings is 1. The highest BCUT2D eigenvalue weighted by atomic mass is 16.2. The van der Waals surface area contributed by atoms with E-state index in [-0.39, 0.29) is 23.8 Å². The molecule has 0 saturated carbocycles. The van der Waals surface area contributed by atoms with Crippen molar-refractivity contribution < 1.29 is 9.59 Å². The van der Waals surface area contributed by atoms with Crippen LogP contribution < -0.4 is 10.2 Å². The quantitative estimate of drug-likeness (QED) is 0.899. The van der Waals surface area contributed by atoms with Gasteiger partial charge in [0.1, 0.15) is 0 Å². The summed E-state index contributed by atoms with van der Waals surface area (Å²) in [7, 11) is 0. The average molecular weight is 315 g/mol.